The summed E-state index contributed by atoms with van der Waals surface area (Å²) in [5.41, 5.74) is 15.3. The van der Waals surface area contributed by atoms with Gasteiger partial charge >= 0.3 is 0 Å². The third-order valence-corrected chi connectivity index (χ3v) is 11.9. The molecule has 0 spiro atoms. The molecule has 0 N–H and O–H groups in total. The SMILES string of the molecule is CC1(C)c2ccccc2-c2ccc(N(c3ccc(-c4ccc5oc6ccccc6c5c4)cc3)c3ccc(-c4cc5ccccc5c5ccccc45)cc3)cc21. The topological polar surface area (TPSA) is 16.4 Å². The Hall–Kier alpha value is -6.90. The summed E-state index contributed by atoms with van der Waals surface area (Å²) in [6.07, 6.45) is 0. The van der Waals surface area contributed by atoms with Gasteiger partial charge in [0.2, 0.25) is 0 Å². The summed E-state index contributed by atoms with van der Waals surface area (Å²) >= 11 is 0. The molecule has 0 atom stereocenters. The summed E-state index contributed by atoms with van der Waals surface area (Å²) in [4.78, 5) is 2.40. The van der Waals surface area contributed by atoms with Crippen molar-refractivity contribution in [2.24, 2.45) is 0 Å². The van der Waals surface area contributed by atoms with E-state index in [1.54, 1.807) is 0 Å². The quantitative estimate of drug-likeness (QED) is 0.166. The van der Waals surface area contributed by atoms with Crippen LogP contribution in [0.2, 0.25) is 0 Å². The fourth-order valence-corrected chi connectivity index (χ4v) is 9.07. The lowest BCUT2D eigenvalue weighted by molar-refractivity contribution is 0.660. The first-order valence-corrected chi connectivity index (χ1v) is 19.1. The molecule has 0 radical (unpaired) electrons. The second kappa shape index (κ2) is 12.1. The van der Waals surface area contributed by atoms with Crippen molar-refractivity contribution in [1.29, 1.82) is 0 Å². The van der Waals surface area contributed by atoms with Crippen molar-refractivity contribution >= 4 is 60.5 Å². The first kappa shape index (κ1) is 31.6. The average Bonchev–Trinajstić information content (AvgIpc) is 3.72. The van der Waals surface area contributed by atoms with E-state index in [9.17, 15) is 0 Å². The van der Waals surface area contributed by atoms with Crippen molar-refractivity contribution in [3.63, 3.8) is 0 Å². The van der Waals surface area contributed by atoms with E-state index in [0.29, 0.717) is 0 Å². The Bertz CT molecular complexity index is 3110. The monoisotopic (exact) mass is 703 g/mol. The molecule has 0 unspecified atom stereocenters. The van der Waals surface area contributed by atoms with Crippen LogP contribution in [-0.4, -0.2) is 0 Å². The van der Waals surface area contributed by atoms with Crippen molar-refractivity contribution in [3.05, 3.63) is 199 Å². The van der Waals surface area contributed by atoms with Gasteiger partial charge in [-0.05, 0) is 127 Å². The van der Waals surface area contributed by atoms with Crippen molar-refractivity contribution in [2.45, 2.75) is 19.3 Å². The predicted octanol–water partition coefficient (Wildman–Crippen LogP) is 15.0. The maximum absolute atomic E-state index is 6.13. The first-order valence-electron chi connectivity index (χ1n) is 19.1. The minimum Gasteiger partial charge on any atom is -0.456 e. The number of nitrogens with zero attached hydrogens (tertiary/aromatic N) is 1. The van der Waals surface area contributed by atoms with Crippen molar-refractivity contribution < 1.29 is 4.42 Å². The molecule has 0 saturated carbocycles. The second-order valence-corrected chi connectivity index (χ2v) is 15.3. The van der Waals surface area contributed by atoms with Gasteiger partial charge in [-0.2, -0.15) is 0 Å². The molecule has 11 rings (SSSR count). The molecule has 1 heterocycles. The standard InChI is InChI=1S/C53H37NO/c1-53(2)49-17-9-7-15-44(49)45-29-28-40(33-50(45)53)54(38-24-19-34(20-25-38)36-23-30-52-48(31-36)46-16-8-10-18-51(46)55-52)39-26-21-35(22-27-39)47-32-37-11-3-4-12-41(37)42-13-5-6-14-43(42)47/h3-33H,1-2H3. The molecule has 1 aliphatic carbocycles. The molecule has 0 saturated heterocycles. The average molecular weight is 704 g/mol. The van der Waals surface area contributed by atoms with Crippen LogP contribution in [0.1, 0.15) is 25.0 Å². The van der Waals surface area contributed by atoms with Crippen LogP contribution in [0.5, 0.6) is 0 Å². The van der Waals surface area contributed by atoms with E-state index in [-0.39, 0.29) is 5.41 Å². The van der Waals surface area contributed by atoms with Crippen molar-refractivity contribution in [2.75, 3.05) is 4.90 Å². The molecule has 1 aliphatic rings. The summed E-state index contributed by atoms with van der Waals surface area (Å²) in [6.45, 7) is 4.70. The van der Waals surface area contributed by atoms with E-state index in [1.165, 1.54) is 66.1 Å². The highest BCUT2D eigenvalue weighted by atomic mass is 16.3. The lowest BCUT2D eigenvalue weighted by Gasteiger charge is -2.28. The molecule has 260 valence electrons. The third kappa shape index (κ3) is 4.95. The van der Waals surface area contributed by atoms with E-state index < -0.39 is 0 Å². The van der Waals surface area contributed by atoms with Gasteiger partial charge in [0.1, 0.15) is 11.2 Å². The summed E-state index contributed by atoms with van der Waals surface area (Å²) < 4.78 is 6.13. The van der Waals surface area contributed by atoms with Crippen LogP contribution < -0.4 is 4.90 Å². The zero-order chi connectivity index (χ0) is 36.7. The largest absolute Gasteiger partial charge is 0.456 e. The Kier molecular flexibility index (Phi) is 6.93. The Morgan fingerprint density at radius 3 is 1.75 bits per heavy atom. The number of furan rings is 1. The predicted molar refractivity (Wildman–Crippen MR) is 232 cm³/mol. The van der Waals surface area contributed by atoms with Crippen LogP contribution in [-0.2, 0) is 5.41 Å². The first-order chi connectivity index (χ1) is 27.0. The van der Waals surface area contributed by atoms with E-state index in [0.717, 1.165) is 39.0 Å². The molecule has 2 nitrogen and oxygen atoms in total. The van der Waals surface area contributed by atoms with Gasteiger partial charge in [-0.1, -0.05) is 141 Å². The molecule has 0 fully saturated rings. The molecule has 0 aliphatic heterocycles. The van der Waals surface area contributed by atoms with Gasteiger partial charge in [-0.3, -0.25) is 0 Å². The number of hydrogen-bond acceptors (Lipinski definition) is 2. The van der Waals surface area contributed by atoms with Crippen LogP contribution in [0, 0.1) is 0 Å². The Morgan fingerprint density at radius 2 is 0.945 bits per heavy atom. The number of anilines is 3. The number of benzene rings is 9. The molecular weight excluding hydrogens is 667 g/mol. The number of para-hydroxylation sites is 1. The fourth-order valence-electron chi connectivity index (χ4n) is 9.07. The minimum atomic E-state index is -0.103. The van der Waals surface area contributed by atoms with E-state index in [4.69, 9.17) is 4.42 Å². The Balaban J connectivity index is 1.03. The zero-order valence-corrected chi connectivity index (χ0v) is 30.8. The van der Waals surface area contributed by atoms with Gasteiger partial charge in [-0.25, -0.2) is 0 Å². The summed E-state index contributed by atoms with van der Waals surface area (Å²) in [5, 5.41) is 7.37. The van der Waals surface area contributed by atoms with Gasteiger partial charge in [0.05, 0.1) is 0 Å². The summed E-state index contributed by atoms with van der Waals surface area (Å²) in [6, 6.07) is 68.6. The van der Waals surface area contributed by atoms with E-state index >= 15 is 0 Å². The lowest BCUT2D eigenvalue weighted by atomic mass is 9.82. The number of rotatable bonds is 5. The van der Waals surface area contributed by atoms with Crippen LogP contribution in [0.15, 0.2) is 192 Å². The summed E-state index contributed by atoms with van der Waals surface area (Å²) in [7, 11) is 0. The van der Waals surface area contributed by atoms with Crippen molar-refractivity contribution in [1.82, 2.24) is 0 Å². The molecular formula is C53H37NO. The fraction of sp³-hybridized carbons (Fsp3) is 0.0566. The highest BCUT2D eigenvalue weighted by molar-refractivity contribution is 6.14. The van der Waals surface area contributed by atoms with Gasteiger partial charge in [-0.15, -0.1) is 0 Å². The lowest BCUT2D eigenvalue weighted by Crippen LogP contribution is -2.16. The van der Waals surface area contributed by atoms with Gasteiger partial charge in [0.15, 0.2) is 0 Å². The zero-order valence-electron chi connectivity index (χ0n) is 30.8. The maximum Gasteiger partial charge on any atom is 0.135 e. The minimum absolute atomic E-state index is 0.103. The Morgan fingerprint density at radius 1 is 0.364 bits per heavy atom. The molecule has 0 bridgehead atoms. The highest BCUT2D eigenvalue weighted by Gasteiger charge is 2.35. The molecule has 55 heavy (non-hydrogen) atoms. The number of hydrogen-bond donors (Lipinski definition) is 0. The van der Waals surface area contributed by atoms with E-state index in [1.807, 2.05) is 12.1 Å². The normalized spacial score (nSPS) is 13.1. The summed E-state index contributed by atoms with van der Waals surface area (Å²) in [5.74, 6) is 0. The van der Waals surface area contributed by atoms with E-state index in [2.05, 4.69) is 195 Å². The number of fused-ring (bicyclic) bond motifs is 9. The van der Waals surface area contributed by atoms with Crippen LogP contribution >= 0.6 is 0 Å². The van der Waals surface area contributed by atoms with Gasteiger partial charge in [0, 0.05) is 33.2 Å². The highest BCUT2D eigenvalue weighted by Crippen LogP contribution is 2.51. The molecule has 9 aromatic carbocycles. The van der Waals surface area contributed by atoms with Crippen molar-refractivity contribution in [3.8, 4) is 33.4 Å². The second-order valence-electron chi connectivity index (χ2n) is 15.3. The van der Waals surface area contributed by atoms with Gasteiger partial charge < -0.3 is 9.32 Å². The molecule has 10 aromatic rings. The van der Waals surface area contributed by atoms with Crippen LogP contribution in [0.4, 0.5) is 17.1 Å². The maximum atomic E-state index is 6.13. The van der Waals surface area contributed by atoms with Gasteiger partial charge in [0.25, 0.3) is 0 Å². The van der Waals surface area contributed by atoms with Crippen LogP contribution in [0.25, 0.3) is 76.9 Å². The molecule has 0 amide bonds. The van der Waals surface area contributed by atoms with Crippen LogP contribution in [0.3, 0.4) is 0 Å². The molecule has 2 heteroatoms. The third-order valence-electron chi connectivity index (χ3n) is 11.9. The Labute approximate surface area is 320 Å². The molecule has 1 aromatic heterocycles. The smallest absolute Gasteiger partial charge is 0.135 e.